The van der Waals surface area contributed by atoms with E-state index in [1.54, 1.807) is 24.3 Å². The van der Waals surface area contributed by atoms with E-state index in [2.05, 4.69) is 20.9 Å². The average molecular weight is 467 g/mol. The number of halogens is 1. The summed E-state index contributed by atoms with van der Waals surface area (Å²) in [4.78, 5) is 39.7. The van der Waals surface area contributed by atoms with Gasteiger partial charge in [0, 0.05) is 12.6 Å². The van der Waals surface area contributed by atoms with E-state index in [0.717, 1.165) is 0 Å². The van der Waals surface area contributed by atoms with Crippen molar-refractivity contribution in [1.29, 1.82) is 0 Å². The van der Waals surface area contributed by atoms with Crippen LogP contribution in [0, 0.1) is 0 Å². The fourth-order valence-corrected chi connectivity index (χ4v) is 3.19. The molecule has 0 radical (unpaired) electrons. The largest absolute Gasteiger partial charge is 0.497 e. The number of rotatable bonds is 6. The second-order valence-electron chi connectivity index (χ2n) is 6.30. The second-order valence-corrected chi connectivity index (χ2v) is 6.83. The molecule has 0 spiro atoms. The van der Waals surface area contributed by atoms with Crippen LogP contribution in [-0.2, 0) is 9.47 Å². The van der Waals surface area contributed by atoms with Gasteiger partial charge in [0.2, 0.25) is 0 Å². The maximum absolute atomic E-state index is 12.2. The Labute approximate surface area is 173 Å². The topological polar surface area (TPSA) is 120 Å². The third kappa shape index (κ3) is 4.84. The standard InChI is InChI=1S/C19H19BrN2O7/c1-27-13-4-2-11(3-5-13)18(25)28-10-15-14(23)8-16(29-15)22-9-12(6-7-20)17(24)21-19(22)26/h2-7,9,14-16,23H,8,10H2,1H3,(H,21,24,26)/b7-6+/t14?,15-,16-/m0/s1. The minimum Gasteiger partial charge on any atom is -0.497 e. The maximum atomic E-state index is 12.2. The predicted octanol–water partition coefficient (Wildman–Crippen LogP) is 1.42. The lowest BCUT2D eigenvalue weighted by molar-refractivity contribution is -0.0532. The molecule has 0 amide bonds. The highest BCUT2D eigenvalue weighted by Gasteiger charge is 2.36. The molecule has 10 heteroatoms. The van der Waals surface area contributed by atoms with Crippen molar-refractivity contribution < 1.29 is 24.1 Å². The van der Waals surface area contributed by atoms with Crippen molar-refractivity contribution in [1.82, 2.24) is 9.55 Å². The van der Waals surface area contributed by atoms with Gasteiger partial charge in [-0.1, -0.05) is 15.9 Å². The minimum atomic E-state index is -0.947. The Morgan fingerprint density at radius 2 is 2.10 bits per heavy atom. The first-order chi connectivity index (χ1) is 13.9. The molecular weight excluding hydrogens is 448 g/mol. The lowest BCUT2D eigenvalue weighted by Crippen LogP contribution is -2.33. The number of H-pyrrole nitrogens is 1. The Morgan fingerprint density at radius 3 is 2.76 bits per heavy atom. The van der Waals surface area contributed by atoms with Gasteiger partial charge in [0.15, 0.2) is 0 Å². The number of ether oxygens (including phenoxy) is 3. The Hall–Kier alpha value is -2.69. The highest BCUT2D eigenvalue weighted by atomic mass is 79.9. The van der Waals surface area contributed by atoms with E-state index in [4.69, 9.17) is 14.2 Å². The number of nitrogens with one attached hydrogen (secondary N) is 1. The summed E-state index contributed by atoms with van der Waals surface area (Å²) in [6.07, 6.45) is 0.375. The molecule has 3 atom stereocenters. The summed E-state index contributed by atoms with van der Waals surface area (Å²) in [5, 5.41) is 10.2. The summed E-state index contributed by atoms with van der Waals surface area (Å²) in [5.41, 5.74) is -0.618. The van der Waals surface area contributed by atoms with Gasteiger partial charge in [-0.3, -0.25) is 14.3 Å². The van der Waals surface area contributed by atoms with Crippen molar-refractivity contribution in [3.63, 3.8) is 0 Å². The van der Waals surface area contributed by atoms with Crippen LogP contribution in [0.25, 0.3) is 6.08 Å². The normalized spacial score (nSPS) is 21.4. The van der Waals surface area contributed by atoms with Crippen LogP contribution in [0.3, 0.4) is 0 Å². The first-order valence-corrected chi connectivity index (χ1v) is 9.61. The zero-order valence-corrected chi connectivity index (χ0v) is 17.0. The van der Waals surface area contributed by atoms with Crippen molar-refractivity contribution in [2.24, 2.45) is 0 Å². The van der Waals surface area contributed by atoms with Crippen LogP contribution in [0.2, 0.25) is 0 Å². The Kier molecular flexibility index (Phi) is 6.68. The zero-order valence-electron chi connectivity index (χ0n) is 15.4. The molecule has 3 rings (SSSR count). The zero-order chi connectivity index (χ0) is 21.0. The van der Waals surface area contributed by atoms with Gasteiger partial charge in [0.1, 0.15) is 24.7 Å². The van der Waals surface area contributed by atoms with Gasteiger partial charge in [0.05, 0.1) is 24.3 Å². The van der Waals surface area contributed by atoms with Crippen LogP contribution in [0.4, 0.5) is 0 Å². The van der Waals surface area contributed by atoms with Crippen LogP contribution in [0.15, 0.2) is 45.0 Å². The van der Waals surface area contributed by atoms with Crippen LogP contribution >= 0.6 is 15.9 Å². The van der Waals surface area contributed by atoms with Crippen LogP contribution < -0.4 is 16.0 Å². The monoisotopic (exact) mass is 466 g/mol. The summed E-state index contributed by atoms with van der Waals surface area (Å²) in [7, 11) is 1.52. The van der Waals surface area contributed by atoms with Crippen molar-refractivity contribution in [2.75, 3.05) is 13.7 Å². The van der Waals surface area contributed by atoms with Crippen molar-refractivity contribution >= 4 is 28.0 Å². The molecule has 1 aliphatic rings. The first-order valence-electron chi connectivity index (χ1n) is 8.70. The Morgan fingerprint density at radius 1 is 1.38 bits per heavy atom. The Bertz CT molecular complexity index is 1010. The number of nitrogens with zero attached hydrogens (tertiary/aromatic N) is 1. The molecule has 1 aromatic heterocycles. The number of benzene rings is 1. The predicted molar refractivity (Wildman–Crippen MR) is 107 cm³/mol. The Balaban J connectivity index is 1.66. The summed E-state index contributed by atoms with van der Waals surface area (Å²) in [6.45, 7) is -0.186. The molecule has 154 valence electrons. The minimum absolute atomic E-state index is 0.105. The quantitative estimate of drug-likeness (QED) is 0.617. The lowest BCUT2D eigenvalue weighted by atomic mass is 10.2. The summed E-state index contributed by atoms with van der Waals surface area (Å²) < 4.78 is 17.1. The van der Waals surface area contributed by atoms with E-state index in [1.165, 1.54) is 28.9 Å². The average Bonchev–Trinajstić information content (AvgIpc) is 3.08. The van der Waals surface area contributed by atoms with Gasteiger partial charge >= 0.3 is 11.7 Å². The first kappa shape index (κ1) is 21.0. The smallest absolute Gasteiger partial charge is 0.338 e. The fourth-order valence-electron chi connectivity index (χ4n) is 2.91. The fraction of sp³-hybridized carbons (Fsp3) is 0.316. The molecule has 2 aromatic rings. The summed E-state index contributed by atoms with van der Waals surface area (Å²) in [5.74, 6) is 0.0391. The van der Waals surface area contributed by atoms with Gasteiger partial charge in [-0.2, -0.15) is 0 Å². The van der Waals surface area contributed by atoms with E-state index in [9.17, 15) is 19.5 Å². The number of hydrogen-bond acceptors (Lipinski definition) is 7. The van der Waals surface area contributed by atoms with E-state index < -0.39 is 35.7 Å². The molecule has 0 aliphatic carbocycles. The summed E-state index contributed by atoms with van der Waals surface area (Å²) in [6, 6.07) is 6.40. The highest BCUT2D eigenvalue weighted by Crippen LogP contribution is 2.28. The number of aliphatic hydroxyl groups excluding tert-OH is 1. The number of carbonyl (C=O) groups is 1. The van der Waals surface area contributed by atoms with Crippen molar-refractivity contribution in [3.8, 4) is 5.75 Å². The molecule has 9 nitrogen and oxygen atoms in total. The van der Waals surface area contributed by atoms with Gasteiger partial charge in [-0.05, 0) is 35.3 Å². The number of aromatic amines is 1. The van der Waals surface area contributed by atoms with E-state index in [1.807, 2.05) is 0 Å². The maximum Gasteiger partial charge on any atom is 0.338 e. The molecule has 1 unspecified atom stereocenters. The molecule has 0 bridgehead atoms. The molecule has 0 saturated carbocycles. The van der Waals surface area contributed by atoms with Crippen molar-refractivity contribution in [2.45, 2.75) is 24.9 Å². The molecular formula is C19H19BrN2O7. The lowest BCUT2D eigenvalue weighted by Gasteiger charge is -2.16. The van der Waals surface area contributed by atoms with Gasteiger partial charge in [-0.15, -0.1) is 0 Å². The molecule has 1 aliphatic heterocycles. The van der Waals surface area contributed by atoms with Crippen LogP contribution in [0.1, 0.15) is 28.6 Å². The number of aromatic nitrogens is 2. The number of carbonyl (C=O) groups excluding carboxylic acids is 1. The van der Waals surface area contributed by atoms with Crippen molar-refractivity contribution in [3.05, 3.63) is 67.4 Å². The molecule has 1 saturated heterocycles. The number of hydrogen-bond donors (Lipinski definition) is 2. The number of methoxy groups -OCH3 is 1. The number of aliphatic hydroxyl groups is 1. The highest BCUT2D eigenvalue weighted by molar-refractivity contribution is 9.11. The van der Waals surface area contributed by atoms with Gasteiger partial charge < -0.3 is 19.3 Å². The third-order valence-electron chi connectivity index (χ3n) is 4.46. The van der Waals surface area contributed by atoms with E-state index >= 15 is 0 Å². The molecule has 2 heterocycles. The van der Waals surface area contributed by atoms with Gasteiger partial charge in [-0.25, -0.2) is 9.59 Å². The van der Waals surface area contributed by atoms with E-state index in [0.29, 0.717) is 11.3 Å². The van der Waals surface area contributed by atoms with Crippen LogP contribution in [-0.4, -0.2) is 46.6 Å². The molecule has 1 fully saturated rings. The SMILES string of the molecule is COc1ccc(C(=O)OC[C@@H]2O[C@H](n3cc(/C=C/Br)c(=O)[nH]c3=O)CC2O)cc1. The third-order valence-corrected chi connectivity index (χ3v) is 4.72. The van der Waals surface area contributed by atoms with Crippen LogP contribution in [0.5, 0.6) is 5.75 Å². The second kappa shape index (κ2) is 9.21. The van der Waals surface area contributed by atoms with E-state index in [-0.39, 0.29) is 18.6 Å². The summed E-state index contributed by atoms with van der Waals surface area (Å²) >= 11 is 3.08. The van der Waals surface area contributed by atoms with Gasteiger partial charge in [0.25, 0.3) is 5.56 Å². The molecule has 29 heavy (non-hydrogen) atoms. The number of esters is 1. The molecule has 2 N–H and O–H groups in total. The molecule has 1 aromatic carbocycles.